The molecule has 2 aliphatic heterocycles. The molecular formula is C30H34N4O3S. The largest absolute Gasteiger partial charge is 0.473 e. The van der Waals surface area contributed by atoms with Gasteiger partial charge in [0.25, 0.3) is 10.0 Å². The third-order valence-electron chi connectivity index (χ3n) is 9.15. The van der Waals surface area contributed by atoms with Gasteiger partial charge in [-0.15, -0.1) is 0 Å². The number of hydrogen-bond acceptors (Lipinski definition) is 6. The molecule has 1 aromatic heterocycles. The van der Waals surface area contributed by atoms with Crippen molar-refractivity contribution in [3.8, 4) is 17.1 Å². The van der Waals surface area contributed by atoms with E-state index in [9.17, 15) is 8.42 Å². The minimum atomic E-state index is -3.87. The molecule has 1 unspecified atom stereocenters. The van der Waals surface area contributed by atoms with Gasteiger partial charge in [-0.2, -0.15) is 4.98 Å². The molecule has 0 radical (unpaired) electrons. The first kappa shape index (κ1) is 24.1. The number of anilines is 1. The van der Waals surface area contributed by atoms with Crippen molar-refractivity contribution in [3.63, 3.8) is 0 Å². The molecule has 3 heterocycles. The number of benzene rings is 2. The molecule has 2 aliphatic carbocycles. The Bertz CT molecular complexity index is 1490. The average molecular weight is 531 g/mol. The topological polar surface area (TPSA) is 84.4 Å². The number of fused-ring (bicyclic) bond motifs is 7. The van der Waals surface area contributed by atoms with Crippen LogP contribution in [0.4, 0.5) is 5.95 Å². The third kappa shape index (κ3) is 4.37. The molecule has 4 aliphatic rings. The molecule has 1 saturated heterocycles. The summed E-state index contributed by atoms with van der Waals surface area (Å²) < 4.78 is 36.1. The van der Waals surface area contributed by atoms with Gasteiger partial charge in [0.1, 0.15) is 6.10 Å². The van der Waals surface area contributed by atoms with E-state index in [4.69, 9.17) is 4.74 Å². The second-order valence-electron chi connectivity index (χ2n) is 11.9. The Balaban J connectivity index is 1.32. The van der Waals surface area contributed by atoms with Crippen LogP contribution in [0.5, 0.6) is 5.88 Å². The molecular weight excluding hydrogens is 496 g/mol. The average Bonchev–Trinajstić information content (AvgIpc) is 3.67. The fourth-order valence-corrected chi connectivity index (χ4v) is 7.85. The van der Waals surface area contributed by atoms with Crippen molar-refractivity contribution >= 4 is 16.0 Å². The number of nitrogens with zero attached hydrogens (tertiary/aromatic N) is 3. The zero-order valence-electron chi connectivity index (χ0n) is 22.0. The maximum atomic E-state index is 13.4. The minimum Gasteiger partial charge on any atom is -0.473 e. The van der Waals surface area contributed by atoms with Crippen molar-refractivity contribution in [3.05, 3.63) is 65.2 Å². The molecule has 38 heavy (non-hydrogen) atoms. The van der Waals surface area contributed by atoms with Gasteiger partial charge in [0.15, 0.2) is 0 Å². The monoisotopic (exact) mass is 530 g/mol. The van der Waals surface area contributed by atoms with Crippen molar-refractivity contribution in [2.75, 3.05) is 17.8 Å². The van der Waals surface area contributed by atoms with E-state index in [1.807, 2.05) is 50.2 Å². The Morgan fingerprint density at radius 1 is 1.03 bits per heavy atom. The number of sulfonamides is 1. The number of hydrogen-bond donors (Lipinski definition) is 1. The maximum absolute atomic E-state index is 13.4. The molecule has 7 nitrogen and oxygen atoms in total. The van der Waals surface area contributed by atoms with E-state index in [1.165, 1.54) is 25.7 Å². The summed E-state index contributed by atoms with van der Waals surface area (Å²) >= 11 is 0. The van der Waals surface area contributed by atoms with Gasteiger partial charge in [-0.05, 0) is 99.1 Å². The summed E-state index contributed by atoms with van der Waals surface area (Å²) in [6.45, 7) is 5.94. The quantitative estimate of drug-likeness (QED) is 0.475. The predicted molar refractivity (Wildman–Crippen MR) is 147 cm³/mol. The molecule has 2 atom stereocenters. The number of rotatable bonds is 2. The van der Waals surface area contributed by atoms with Crippen molar-refractivity contribution in [2.45, 2.75) is 75.3 Å². The van der Waals surface area contributed by atoms with Crippen molar-refractivity contribution in [1.82, 2.24) is 14.9 Å². The van der Waals surface area contributed by atoms with Crippen LogP contribution in [-0.2, 0) is 10.0 Å². The van der Waals surface area contributed by atoms with Crippen LogP contribution in [0.15, 0.2) is 53.4 Å². The minimum absolute atomic E-state index is 0.0304. The summed E-state index contributed by atoms with van der Waals surface area (Å²) in [5, 5.41) is 0. The van der Waals surface area contributed by atoms with E-state index in [-0.39, 0.29) is 22.9 Å². The van der Waals surface area contributed by atoms with E-state index in [0.29, 0.717) is 23.0 Å². The highest BCUT2D eigenvalue weighted by molar-refractivity contribution is 7.92. The molecule has 7 rings (SSSR count). The molecule has 1 N–H and O–H groups in total. The fourth-order valence-electron chi connectivity index (χ4n) is 6.85. The van der Waals surface area contributed by atoms with Gasteiger partial charge in [0, 0.05) is 24.2 Å². The van der Waals surface area contributed by atoms with Crippen LogP contribution in [0.1, 0.15) is 61.1 Å². The molecule has 1 spiro atoms. The van der Waals surface area contributed by atoms with Crippen LogP contribution in [0.2, 0.25) is 0 Å². The van der Waals surface area contributed by atoms with Gasteiger partial charge in [-0.3, -0.25) is 4.90 Å². The van der Waals surface area contributed by atoms with Gasteiger partial charge in [0.2, 0.25) is 11.8 Å². The third-order valence-corrected chi connectivity index (χ3v) is 10.5. The normalized spacial score (nSPS) is 27.1. The zero-order valence-corrected chi connectivity index (χ0v) is 22.8. The summed E-state index contributed by atoms with van der Waals surface area (Å²) in [5.41, 5.74) is 5.46. The van der Waals surface area contributed by atoms with Gasteiger partial charge in [-0.25, -0.2) is 18.1 Å². The number of aryl methyl sites for hydroxylation is 2. The highest BCUT2D eigenvalue weighted by Gasteiger charge is 2.54. The lowest BCUT2D eigenvalue weighted by molar-refractivity contribution is 0.0385. The molecule has 198 valence electrons. The maximum Gasteiger partial charge on any atom is 0.264 e. The lowest BCUT2D eigenvalue weighted by atomic mass is 9.76. The Labute approximate surface area is 224 Å². The molecule has 2 saturated carbocycles. The number of aromatic nitrogens is 2. The van der Waals surface area contributed by atoms with Crippen LogP contribution in [0.25, 0.3) is 11.3 Å². The van der Waals surface area contributed by atoms with E-state index in [0.717, 1.165) is 48.2 Å². The van der Waals surface area contributed by atoms with Gasteiger partial charge >= 0.3 is 0 Å². The Kier molecular flexibility index (Phi) is 5.57. The molecule has 6 bridgehead atoms. The number of ether oxygens (including phenoxy) is 1. The highest BCUT2D eigenvalue weighted by Crippen LogP contribution is 2.62. The standard InChI is InChI=1S/C30H34N4O3S/c1-19-5-3-6-20(2)28(19)26-15-27-32-29(31-26)33-38(35,36)25-8-4-7-21(14-25)22-9-12-34(18-24(13-22)37-27)23-16-30(17-23)10-11-30/h3-8,14-15,22-24H,9-13,16-18H2,1-2H3,(H,31,32,33)/t22?,24-/m0/s1. The molecule has 0 amide bonds. The smallest absolute Gasteiger partial charge is 0.264 e. The first-order valence-corrected chi connectivity index (χ1v) is 15.2. The van der Waals surface area contributed by atoms with Gasteiger partial charge in [-0.1, -0.05) is 30.3 Å². The predicted octanol–water partition coefficient (Wildman–Crippen LogP) is 5.44. The second-order valence-corrected chi connectivity index (χ2v) is 13.6. The molecule has 8 heteroatoms. The molecule has 2 aromatic carbocycles. The van der Waals surface area contributed by atoms with Crippen molar-refractivity contribution in [2.24, 2.45) is 5.41 Å². The lowest BCUT2D eigenvalue weighted by Crippen LogP contribution is -2.48. The van der Waals surface area contributed by atoms with Crippen molar-refractivity contribution in [1.29, 1.82) is 0 Å². The van der Waals surface area contributed by atoms with E-state index >= 15 is 0 Å². The summed E-state index contributed by atoms with van der Waals surface area (Å²) in [6.07, 6.45) is 7.14. The van der Waals surface area contributed by atoms with Gasteiger partial charge in [0.05, 0.1) is 10.6 Å². The fraction of sp³-hybridized carbons (Fsp3) is 0.467. The SMILES string of the molecule is Cc1cccc(C)c1-c1cc2nc(n1)NS(=O)(=O)c1cccc(c1)C1CCN(C3CC4(CC4)C3)C[C@H](C1)O2. The summed E-state index contributed by atoms with van der Waals surface area (Å²) in [5.74, 6) is 0.661. The van der Waals surface area contributed by atoms with Crippen LogP contribution in [0.3, 0.4) is 0 Å². The van der Waals surface area contributed by atoms with E-state index in [2.05, 4.69) is 25.7 Å². The molecule has 3 aromatic rings. The first-order chi connectivity index (χ1) is 18.3. The second kappa shape index (κ2) is 8.78. The van der Waals surface area contributed by atoms with Crippen LogP contribution >= 0.6 is 0 Å². The summed E-state index contributed by atoms with van der Waals surface area (Å²) in [6, 6.07) is 15.9. The number of nitrogens with one attached hydrogen (secondary N) is 1. The van der Waals surface area contributed by atoms with Crippen LogP contribution in [-0.4, -0.2) is 48.5 Å². The number of likely N-dealkylation sites (tertiary alicyclic amines) is 1. The zero-order chi connectivity index (χ0) is 26.1. The van der Waals surface area contributed by atoms with Gasteiger partial charge < -0.3 is 4.74 Å². The van der Waals surface area contributed by atoms with Crippen molar-refractivity contribution < 1.29 is 13.2 Å². The summed E-state index contributed by atoms with van der Waals surface area (Å²) in [4.78, 5) is 12.1. The Morgan fingerprint density at radius 3 is 2.55 bits per heavy atom. The molecule has 3 fully saturated rings. The van der Waals surface area contributed by atoms with Crippen LogP contribution in [0, 0.1) is 19.3 Å². The first-order valence-electron chi connectivity index (χ1n) is 13.8. The Hall–Kier alpha value is -2.97. The van der Waals surface area contributed by atoms with E-state index in [1.54, 1.807) is 6.07 Å². The summed E-state index contributed by atoms with van der Waals surface area (Å²) in [7, 11) is -3.87. The van der Waals surface area contributed by atoms with E-state index < -0.39 is 10.0 Å². The van der Waals surface area contributed by atoms with Crippen LogP contribution < -0.4 is 9.46 Å². The lowest BCUT2D eigenvalue weighted by Gasteiger charge is -2.44. The highest BCUT2D eigenvalue weighted by atomic mass is 32.2. The Morgan fingerprint density at radius 2 is 1.79 bits per heavy atom.